The lowest BCUT2D eigenvalue weighted by Crippen LogP contribution is -2.48. The van der Waals surface area contributed by atoms with Crippen LogP contribution in [-0.4, -0.2) is 16.8 Å². The smallest absolute Gasteiger partial charge is 0.110 e. The molecule has 0 amide bonds. The normalized spacial score (nSPS) is 41.3. The predicted molar refractivity (Wildman–Crippen MR) is 85.7 cm³/mol. The van der Waals surface area contributed by atoms with E-state index in [1.165, 1.54) is 18.4 Å². The lowest BCUT2D eigenvalue weighted by molar-refractivity contribution is -0.0656. The van der Waals surface area contributed by atoms with E-state index in [9.17, 15) is 5.11 Å². The first-order valence-electron chi connectivity index (χ1n) is 8.70. The Kier molecular flexibility index (Phi) is 3.94. The van der Waals surface area contributed by atoms with Gasteiger partial charge >= 0.3 is 0 Å². The highest BCUT2D eigenvalue weighted by Crippen LogP contribution is 2.51. The third-order valence-corrected chi connectivity index (χ3v) is 5.70. The van der Waals surface area contributed by atoms with Crippen LogP contribution in [0.2, 0.25) is 0 Å². The summed E-state index contributed by atoms with van der Waals surface area (Å²) in [6.07, 6.45) is 9.88. The number of fused-ring (bicyclic) bond motifs is 2. The SMILES string of the molecule is CCCC1CC2=C(C(O)C1)C1CC(C)C=CC1C(C)(C)O2. The second-order valence-corrected chi connectivity index (χ2v) is 7.92. The van der Waals surface area contributed by atoms with Gasteiger partial charge in [-0.1, -0.05) is 38.8 Å². The van der Waals surface area contributed by atoms with Gasteiger partial charge < -0.3 is 9.84 Å². The zero-order chi connectivity index (χ0) is 15.2. The molecule has 0 aromatic heterocycles. The second kappa shape index (κ2) is 5.46. The van der Waals surface area contributed by atoms with Gasteiger partial charge in [-0.3, -0.25) is 0 Å². The molecular formula is C19H30O2. The predicted octanol–water partition coefficient (Wildman–Crippen LogP) is 4.45. The molecule has 0 saturated carbocycles. The molecule has 5 atom stereocenters. The van der Waals surface area contributed by atoms with Gasteiger partial charge in [-0.15, -0.1) is 0 Å². The summed E-state index contributed by atoms with van der Waals surface area (Å²) in [5, 5.41) is 10.7. The van der Waals surface area contributed by atoms with Crippen LogP contribution in [0.25, 0.3) is 0 Å². The van der Waals surface area contributed by atoms with Crippen LogP contribution in [0.4, 0.5) is 0 Å². The van der Waals surface area contributed by atoms with E-state index in [0.29, 0.717) is 23.7 Å². The molecule has 2 heteroatoms. The first kappa shape index (κ1) is 15.1. The minimum Gasteiger partial charge on any atom is -0.492 e. The summed E-state index contributed by atoms with van der Waals surface area (Å²) in [6.45, 7) is 8.94. The van der Waals surface area contributed by atoms with Crippen molar-refractivity contribution in [1.29, 1.82) is 0 Å². The van der Waals surface area contributed by atoms with Gasteiger partial charge in [0.2, 0.25) is 0 Å². The highest BCUT2D eigenvalue weighted by atomic mass is 16.5. The summed E-state index contributed by atoms with van der Waals surface area (Å²) in [7, 11) is 0. The number of rotatable bonds is 2. The molecule has 0 bridgehead atoms. The summed E-state index contributed by atoms with van der Waals surface area (Å²) in [4.78, 5) is 0. The standard InChI is InChI=1S/C19H30O2/c1-5-6-13-10-16(20)18-14-9-12(2)7-8-15(14)19(3,4)21-17(18)11-13/h7-8,12-16,20H,5-6,9-11H2,1-4H3. The van der Waals surface area contributed by atoms with Crippen molar-refractivity contribution in [3.63, 3.8) is 0 Å². The van der Waals surface area contributed by atoms with Crippen LogP contribution in [0.3, 0.4) is 0 Å². The first-order chi connectivity index (χ1) is 9.92. The Morgan fingerprint density at radius 3 is 2.76 bits per heavy atom. The van der Waals surface area contributed by atoms with Crippen molar-refractivity contribution in [3.05, 3.63) is 23.5 Å². The highest BCUT2D eigenvalue weighted by molar-refractivity contribution is 5.29. The molecule has 0 aromatic carbocycles. The molecule has 21 heavy (non-hydrogen) atoms. The number of hydrogen-bond donors (Lipinski definition) is 1. The maximum Gasteiger partial charge on any atom is 0.110 e. The minimum absolute atomic E-state index is 0.145. The van der Waals surface area contributed by atoms with Crippen LogP contribution in [-0.2, 0) is 4.74 Å². The average molecular weight is 290 g/mol. The van der Waals surface area contributed by atoms with Crippen molar-refractivity contribution >= 4 is 0 Å². The third-order valence-electron chi connectivity index (χ3n) is 5.70. The fourth-order valence-electron chi connectivity index (χ4n) is 4.77. The first-order valence-corrected chi connectivity index (χ1v) is 8.70. The number of aliphatic hydroxyl groups excluding tert-OH is 1. The van der Waals surface area contributed by atoms with E-state index in [2.05, 4.69) is 39.8 Å². The zero-order valence-corrected chi connectivity index (χ0v) is 13.9. The van der Waals surface area contributed by atoms with Crippen LogP contribution in [0.15, 0.2) is 23.5 Å². The van der Waals surface area contributed by atoms with E-state index in [1.54, 1.807) is 0 Å². The van der Waals surface area contributed by atoms with Gasteiger partial charge in [0.15, 0.2) is 0 Å². The second-order valence-electron chi connectivity index (χ2n) is 7.92. The van der Waals surface area contributed by atoms with E-state index in [1.807, 2.05) is 0 Å². The van der Waals surface area contributed by atoms with Gasteiger partial charge in [-0.2, -0.15) is 0 Å². The zero-order valence-electron chi connectivity index (χ0n) is 13.9. The van der Waals surface area contributed by atoms with Gasteiger partial charge in [0.05, 0.1) is 11.9 Å². The Morgan fingerprint density at radius 2 is 2.05 bits per heavy atom. The summed E-state index contributed by atoms with van der Waals surface area (Å²) < 4.78 is 6.40. The lowest BCUT2D eigenvalue weighted by Gasteiger charge is -2.50. The lowest BCUT2D eigenvalue weighted by atomic mass is 9.64. The maximum atomic E-state index is 10.7. The minimum atomic E-state index is -0.285. The molecule has 118 valence electrons. The summed E-state index contributed by atoms with van der Waals surface area (Å²) in [6, 6.07) is 0. The largest absolute Gasteiger partial charge is 0.492 e. The average Bonchev–Trinajstić information content (AvgIpc) is 2.37. The van der Waals surface area contributed by atoms with Gasteiger partial charge in [0.25, 0.3) is 0 Å². The molecule has 2 aliphatic carbocycles. The van der Waals surface area contributed by atoms with E-state index in [0.717, 1.165) is 25.0 Å². The molecule has 3 rings (SSSR count). The van der Waals surface area contributed by atoms with Crippen LogP contribution in [0.1, 0.15) is 59.8 Å². The monoisotopic (exact) mass is 290 g/mol. The molecule has 0 saturated heterocycles. The quantitative estimate of drug-likeness (QED) is 0.761. The third kappa shape index (κ3) is 2.67. The van der Waals surface area contributed by atoms with Gasteiger partial charge in [-0.05, 0) is 50.0 Å². The van der Waals surface area contributed by atoms with Gasteiger partial charge in [0, 0.05) is 12.3 Å². The van der Waals surface area contributed by atoms with Crippen LogP contribution in [0, 0.1) is 23.7 Å². The topological polar surface area (TPSA) is 29.5 Å². The highest BCUT2D eigenvalue weighted by Gasteiger charge is 2.48. The fraction of sp³-hybridized carbons (Fsp3) is 0.789. The van der Waals surface area contributed by atoms with Gasteiger partial charge in [0.1, 0.15) is 5.60 Å². The van der Waals surface area contributed by atoms with Crippen LogP contribution >= 0.6 is 0 Å². The van der Waals surface area contributed by atoms with Crippen molar-refractivity contribution in [2.75, 3.05) is 0 Å². The number of aliphatic hydroxyl groups is 1. The summed E-state index contributed by atoms with van der Waals surface area (Å²) in [5.74, 6) is 3.20. The Balaban J connectivity index is 1.95. The molecule has 1 N–H and O–H groups in total. The molecule has 0 spiro atoms. The molecule has 5 unspecified atom stereocenters. The Morgan fingerprint density at radius 1 is 1.29 bits per heavy atom. The molecule has 1 heterocycles. The molecule has 1 aliphatic heterocycles. The van der Waals surface area contributed by atoms with Crippen LogP contribution in [0.5, 0.6) is 0 Å². The number of allylic oxidation sites excluding steroid dienone is 2. The Bertz CT molecular complexity index is 460. The van der Waals surface area contributed by atoms with E-state index in [-0.39, 0.29) is 11.7 Å². The molecule has 0 fully saturated rings. The van der Waals surface area contributed by atoms with Gasteiger partial charge in [-0.25, -0.2) is 0 Å². The van der Waals surface area contributed by atoms with E-state index in [4.69, 9.17) is 4.74 Å². The molecule has 2 nitrogen and oxygen atoms in total. The molecule has 0 aromatic rings. The van der Waals surface area contributed by atoms with Crippen molar-refractivity contribution in [1.82, 2.24) is 0 Å². The number of ether oxygens (including phenoxy) is 1. The summed E-state index contributed by atoms with van der Waals surface area (Å²) >= 11 is 0. The number of hydrogen-bond acceptors (Lipinski definition) is 2. The van der Waals surface area contributed by atoms with Crippen molar-refractivity contribution in [2.24, 2.45) is 23.7 Å². The van der Waals surface area contributed by atoms with Crippen molar-refractivity contribution < 1.29 is 9.84 Å². The molecule has 3 aliphatic rings. The maximum absolute atomic E-state index is 10.7. The Hall–Kier alpha value is -0.760. The molecular weight excluding hydrogens is 260 g/mol. The molecule has 0 radical (unpaired) electrons. The fourth-order valence-corrected chi connectivity index (χ4v) is 4.77. The summed E-state index contributed by atoms with van der Waals surface area (Å²) in [5.41, 5.74) is 1.09. The van der Waals surface area contributed by atoms with Crippen LogP contribution < -0.4 is 0 Å². The van der Waals surface area contributed by atoms with Crippen molar-refractivity contribution in [3.8, 4) is 0 Å². The van der Waals surface area contributed by atoms with E-state index < -0.39 is 0 Å². The van der Waals surface area contributed by atoms with Crippen molar-refractivity contribution in [2.45, 2.75) is 71.5 Å². The Labute approximate surface area is 129 Å². The van der Waals surface area contributed by atoms with E-state index >= 15 is 0 Å².